The maximum absolute atomic E-state index is 12.9. The molecule has 11 heteroatoms. The number of aliphatic carboxylic acids is 1. The molecule has 2 atom stereocenters. The average molecular weight is 510 g/mol. The monoisotopic (exact) mass is 509 g/mol. The Balaban J connectivity index is 1.41. The fourth-order valence-corrected chi connectivity index (χ4v) is 4.92. The van der Waals surface area contributed by atoms with Gasteiger partial charge in [-0.05, 0) is 67.8 Å². The molecule has 0 saturated heterocycles. The quantitative estimate of drug-likeness (QED) is 0.310. The van der Waals surface area contributed by atoms with Crippen LogP contribution in [0.2, 0.25) is 0 Å². The maximum Gasteiger partial charge on any atom is 0.328 e. The topological polar surface area (TPSA) is 154 Å². The van der Waals surface area contributed by atoms with Gasteiger partial charge in [-0.3, -0.25) is 9.59 Å². The molecule has 0 saturated carbocycles. The van der Waals surface area contributed by atoms with Crippen molar-refractivity contribution in [1.82, 2.24) is 20.6 Å². The molecule has 4 rings (SSSR count). The highest BCUT2D eigenvalue weighted by molar-refractivity contribution is 7.12. The first-order chi connectivity index (χ1) is 17.2. The van der Waals surface area contributed by atoms with E-state index in [1.54, 1.807) is 43.5 Å². The molecule has 2 amide bonds. The molecule has 0 aliphatic heterocycles. The van der Waals surface area contributed by atoms with Crippen molar-refractivity contribution in [2.45, 2.75) is 45.2 Å². The lowest BCUT2D eigenvalue weighted by Crippen LogP contribution is -2.48. The van der Waals surface area contributed by atoms with Gasteiger partial charge in [-0.25, -0.2) is 14.8 Å². The molecule has 1 aliphatic carbocycles. The van der Waals surface area contributed by atoms with Gasteiger partial charge >= 0.3 is 5.97 Å². The van der Waals surface area contributed by atoms with Gasteiger partial charge in [0.1, 0.15) is 11.8 Å². The molecule has 36 heavy (non-hydrogen) atoms. The molecule has 0 fully saturated rings. The maximum atomic E-state index is 12.9. The first-order valence-electron chi connectivity index (χ1n) is 11.5. The number of amides is 2. The lowest BCUT2D eigenvalue weighted by Gasteiger charge is -2.26. The highest BCUT2D eigenvalue weighted by Gasteiger charge is 2.26. The van der Waals surface area contributed by atoms with Gasteiger partial charge in [0.15, 0.2) is 0 Å². The van der Waals surface area contributed by atoms with Gasteiger partial charge < -0.3 is 26.2 Å². The van der Waals surface area contributed by atoms with Gasteiger partial charge in [-0.1, -0.05) is 12.1 Å². The smallest absolute Gasteiger partial charge is 0.328 e. The van der Waals surface area contributed by atoms with E-state index in [4.69, 9.17) is 0 Å². The predicted octanol–water partition coefficient (Wildman–Crippen LogP) is 2.44. The molecule has 0 bridgehead atoms. The van der Waals surface area contributed by atoms with E-state index >= 15 is 0 Å². The van der Waals surface area contributed by atoms with Crippen molar-refractivity contribution in [3.8, 4) is 5.75 Å². The number of aryl methyl sites for hydroxylation is 3. The Bertz CT molecular complexity index is 1270. The van der Waals surface area contributed by atoms with Crippen LogP contribution >= 0.6 is 11.3 Å². The number of nitrogens with one attached hydrogen (secondary N) is 3. The van der Waals surface area contributed by atoms with E-state index in [1.807, 2.05) is 6.07 Å². The van der Waals surface area contributed by atoms with E-state index in [1.165, 1.54) is 11.3 Å². The zero-order valence-corrected chi connectivity index (χ0v) is 20.7. The van der Waals surface area contributed by atoms with Crippen molar-refractivity contribution in [2.75, 3.05) is 11.9 Å². The van der Waals surface area contributed by atoms with Gasteiger partial charge in [0, 0.05) is 12.6 Å². The summed E-state index contributed by atoms with van der Waals surface area (Å²) in [6.45, 7) is 3.07. The Kier molecular flexibility index (Phi) is 7.49. The SMILES string of the molecule is Cc1nc(NC2CCc3cc(O)ccc3C2)nc(C)c1C(=O)N[C@@H](CNC(=O)c1cccs1)C(=O)O. The number of phenols is 1. The minimum atomic E-state index is -1.32. The molecule has 1 aromatic carbocycles. The van der Waals surface area contributed by atoms with Gasteiger partial charge in [-0.2, -0.15) is 0 Å². The summed E-state index contributed by atoms with van der Waals surface area (Å²) in [6, 6.07) is 7.53. The van der Waals surface area contributed by atoms with Crippen molar-refractivity contribution in [3.63, 3.8) is 0 Å². The highest BCUT2D eigenvalue weighted by atomic mass is 32.1. The number of carboxylic acids is 1. The van der Waals surface area contributed by atoms with Crippen LogP contribution in [0.1, 0.15) is 49.0 Å². The van der Waals surface area contributed by atoms with Crippen molar-refractivity contribution in [2.24, 2.45) is 0 Å². The number of fused-ring (bicyclic) bond motifs is 1. The molecule has 2 aromatic heterocycles. The molecule has 0 spiro atoms. The van der Waals surface area contributed by atoms with E-state index in [2.05, 4.69) is 25.9 Å². The van der Waals surface area contributed by atoms with Crippen molar-refractivity contribution in [3.05, 3.63) is 68.7 Å². The number of hydrogen-bond donors (Lipinski definition) is 5. The molecular formula is C25H27N5O5S. The number of carbonyl (C=O) groups is 3. The Morgan fingerprint density at radius 2 is 1.86 bits per heavy atom. The number of benzene rings is 1. The number of hydrogen-bond acceptors (Lipinski definition) is 8. The van der Waals surface area contributed by atoms with Crippen molar-refractivity contribution in [1.29, 1.82) is 0 Å². The lowest BCUT2D eigenvalue weighted by atomic mass is 9.88. The minimum absolute atomic E-state index is 0.101. The van der Waals surface area contributed by atoms with Crippen LogP contribution in [0.4, 0.5) is 5.95 Å². The van der Waals surface area contributed by atoms with Crippen LogP contribution < -0.4 is 16.0 Å². The average Bonchev–Trinajstić information content (AvgIpc) is 3.36. The van der Waals surface area contributed by atoms with Gasteiger partial charge in [0.2, 0.25) is 5.95 Å². The summed E-state index contributed by atoms with van der Waals surface area (Å²) in [5, 5.41) is 29.3. The van der Waals surface area contributed by atoms with Crippen LogP contribution in [0.3, 0.4) is 0 Å². The molecule has 188 valence electrons. The van der Waals surface area contributed by atoms with Crippen LogP contribution in [-0.2, 0) is 17.6 Å². The van der Waals surface area contributed by atoms with E-state index in [-0.39, 0.29) is 23.9 Å². The third kappa shape index (κ3) is 5.80. The highest BCUT2D eigenvalue weighted by Crippen LogP contribution is 2.26. The standard InChI is InChI=1S/C25H27N5O5S/c1-13-21(23(33)30-19(24(34)35)12-26-22(32)20-4-3-9-36-20)14(2)28-25(27-13)29-17-7-5-16-11-18(31)8-6-15(16)10-17/h3-4,6,8-9,11,17,19,31H,5,7,10,12H2,1-2H3,(H,26,32)(H,30,33)(H,34,35)(H,27,28,29)/t17?,19-/m0/s1. The Labute approximate surface area is 211 Å². The summed E-state index contributed by atoms with van der Waals surface area (Å²) in [6.07, 6.45) is 2.42. The normalized spacial score (nSPS) is 15.4. The van der Waals surface area contributed by atoms with Crippen molar-refractivity contribution < 1.29 is 24.6 Å². The third-order valence-electron chi connectivity index (χ3n) is 6.06. The second kappa shape index (κ2) is 10.7. The molecule has 0 radical (unpaired) electrons. The summed E-state index contributed by atoms with van der Waals surface area (Å²) >= 11 is 1.24. The fourth-order valence-electron chi connectivity index (χ4n) is 4.28. The van der Waals surface area contributed by atoms with Gasteiger partial charge in [0.05, 0.1) is 21.8 Å². The number of thiophene rings is 1. The first kappa shape index (κ1) is 25.1. The van der Waals surface area contributed by atoms with Crippen LogP contribution in [-0.4, -0.2) is 56.6 Å². The molecule has 3 aromatic rings. The summed E-state index contributed by atoms with van der Waals surface area (Å²) in [7, 11) is 0. The number of rotatable bonds is 8. The Hall–Kier alpha value is -3.99. The number of carboxylic acid groups (broad SMARTS) is 1. The Morgan fingerprint density at radius 3 is 2.53 bits per heavy atom. The Morgan fingerprint density at radius 1 is 1.11 bits per heavy atom. The summed E-state index contributed by atoms with van der Waals surface area (Å²) < 4.78 is 0. The predicted molar refractivity (Wildman–Crippen MR) is 135 cm³/mol. The molecule has 1 unspecified atom stereocenters. The largest absolute Gasteiger partial charge is 0.508 e. The second-order valence-corrected chi connectivity index (χ2v) is 9.63. The number of nitrogens with zero attached hydrogens (tertiary/aromatic N) is 2. The number of phenolic OH excluding ortho intramolecular Hbond substituents is 1. The van der Waals surface area contributed by atoms with E-state index < -0.39 is 23.8 Å². The molecule has 10 nitrogen and oxygen atoms in total. The van der Waals surface area contributed by atoms with Crippen LogP contribution in [0.5, 0.6) is 5.75 Å². The van der Waals surface area contributed by atoms with Gasteiger partial charge in [-0.15, -0.1) is 11.3 Å². The first-order valence-corrected chi connectivity index (χ1v) is 12.4. The number of anilines is 1. The van der Waals surface area contributed by atoms with Crippen LogP contribution in [0.15, 0.2) is 35.7 Å². The lowest BCUT2D eigenvalue weighted by molar-refractivity contribution is -0.139. The third-order valence-corrected chi connectivity index (χ3v) is 6.93. The summed E-state index contributed by atoms with van der Waals surface area (Å²) in [5.41, 5.74) is 3.31. The van der Waals surface area contributed by atoms with Crippen LogP contribution in [0.25, 0.3) is 0 Å². The van der Waals surface area contributed by atoms with E-state index in [0.29, 0.717) is 22.2 Å². The number of aromatic hydroxyl groups is 1. The second-order valence-electron chi connectivity index (χ2n) is 8.68. The minimum Gasteiger partial charge on any atom is -0.508 e. The van der Waals surface area contributed by atoms with E-state index in [9.17, 15) is 24.6 Å². The number of aromatic nitrogens is 2. The fraction of sp³-hybridized carbons (Fsp3) is 0.320. The molecule has 1 aliphatic rings. The summed E-state index contributed by atoms with van der Waals surface area (Å²) in [4.78, 5) is 46.1. The van der Waals surface area contributed by atoms with Crippen molar-refractivity contribution >= 4 is 35.1 Å². The van der Waals surface area contributed by atoms with Gasteiger partial charge in [0.25, 0.3) is 11.8 Å². The molecule has 5 N–H and O–H groups in total. The summed E-state index contributed by atoms with van der Waals surface area (Å²) in [5.74, 6) is -1.64. The van der Waals surface area contributed by atoms with Crippen LogP contribution in [0, 0.1) is 13.8 Å². The zero-order chi connectivity index (χ0) is 25.8. The zero-order valence-electron chi connectivity index (χ0n) is 19.9. The van der Waals surface area contributed by atoms with E-state index in [0.717, 1.165) is 30.4 Å². The molecule has 2 heterocycles. The molecular weight excluding hydrogens is 482 g/mol. The number of carbonyl (C=O) groups excluding carboxylic acids is 2.